The van der Waals surface area contributed by atoms with Crippen LogP contribution in [0.4, 0.5) is 0 Å². The van der Waals surface area contributed by atoms with E-state index in [-0.39, 0.29) is 5.41 Å². The van der Waals surface area contributed by atoms with E-state index in [0.717, 1.165) is 23.5 Å². The van der Waals surface area contributed by atoms with Crippen LogP contribution in [0.1, 0.15) is 45.6 Å². The summed E-state index contributed by atoms with van der Waals surface area (Å²) >= 11 is 3.59. The Bertz CT molecular complexity index is 374. The Morgan fingerprint density at radius 3 is 2.67 bits per heavy atom. The fraction of sp³-hybridized carbons (Fsp3) is 0.750. The summed E-state index contributed by atoms with van der Waals surface area (Å²) in [6.07, 6.45) is 2.43. The lowest BCUT2D eigenvalue weighted by Crippen LogP contribution is -2.24. The first-order valence-electron chi connectivity index (χ1n) is 5.65. The smallest absolute Gasteiger partial charge is 0.127 e. The Morgan fingerprint density at radius 2 is 2.07 bits per heavy atom. The highest BCUT2D eigenvalue weighted by Crippen LogP contribution is 2.32. The second kappa shape index (κ2) is 3.62. The van der Waals surface area contributed by atoms with Gasteiger partial charge in [0.2, 0.25) is 0 Å². The molecule has 0 saturated carbocycles. The van der Waals surface area contributed by atoms with Gasteiger partial charge in [0.15, 0.2) is 0 Å². The number of fused-ring (bicyclic) bond motifs is 1. The van der Waals surface area contributed by atoms with Gasteiger partial charge in [-0.3, -0.25) is 0 Å². The maximum atomic E-state index is 4.68. The van der Waals surface area contributed by atoms with Crippen molar-refractivity contribution in [2.75, 3.05) is 0 Å². The van der Waals surface area contributed by atoms with Gasteiger partial charge in [-0.2, -0.15) is 0 Å². The lowest BCUT2D eigenvalue weighted by atomic mass is 9.94. The van der Waals surface area contributed by atoms with E-state index in [2.05, 4.69) is 53.2 Å². The summed E-state index contributed by atoms with van der Waals surface area (Å²) in [5, 5.41) is 0. The molecule has 0 N–H and O–H groups in total. The van der Waals surface area contributed by atoms with Gasteiger partial charge in [0, 0.05) is 12.0 Å². The SMILES string of the molecule is CC1CCn2c(C(C)(C)C)nc(Br)c2C1. The molecule has 2 nitrogen and oxygen atoms in total. The van der Waals surface area contributed by atoms with Crippen LogP contribution in [-0.2, 0) is 18.4 Å². The quantitative estimate of drug-likeness (QED) is 0.706. The number of hydrogen-bond acceptors (Lipinski definition) is 1. The van der Waals surface area contributed by atoms with E-state index in [9.17, 15) is 0 Å². The average Bonchev–Trinajstić information content (AvgIpc) is 2.43. The van der Waals surface area contributed by atoms with Crippen molar-refractivity contribution in [3.05, 3.63) is 16.1 Å². The third kappa shape index (κ3) is 1.99. The first-order valence-corrected chi connectivity index (χ1v) is 6.44. The molecule has 0 fully saturated rings. The van der Waals surface area contributed by atoms with Crippen LogP contribution in [0.3, 0.4) is 0 Å². The number of nitrogens with zero attached hydrogens (tertiary/aromatic N) is 2. The molecule has 0 saturated heterocycles. The van der Waals surface area contributed by atoms with E-state index in [4.69, 9.17) is 0 Å². The third-order valence-electron chi connectivity index (χ3n) is 3.08. The summed E-state index contributed by atoms with van der Waals surface area (Å²) in [4.78, 5) is 4.68. The molecular weight excluding hydrogens is 252 g/mol. The fourth-order valence-corrected chi connectivity index (χ4v) is 2.79. The van der Waals surface area contributed by atoms with Gasteiger partial charge in [0.1, 0.15) is 10.4 Å². The van der Waals surface area contributed by atoms with Gasteiger partial charge in [-0.15, -0.1) is 0 Å². The standard InChI is InChI=1S/C12H19BrN2/c1-8-5-6-15-9(7-8)10(13)14-11(15)12(2,3)4/h8H,5-7H2,1-4H3. The maximum absolute atomic E-state index is 4.68. The second-order valence-electron chi connectivity index (χ2n) is 5.67. The van der Waals surface area contributed by atoms with Crippen LogP contribution in [0.2, 0.25) is 0 Å². The van der Waals surface area contributed by atoms with Crippen molar-refractivity contribution < 1.29 is 0 Å². The van der Waals surface area contributed by atoms with Gasteiger partial charge in [0.05, 0.1) is 5.69 Å². The highest BCUT2D eigenvalue weighted by molar-refractivity contribution is 9.10. The molecule has 0 aliphatic carbocycles. The molecule has 2 heterocycles. The molecule has 15 heavy (non-hydrogen) atoms. The Morgan fingerprint density at radius 1 is 1.40 bits per heavy atom. The second-order valence-corrected chi connectivity index (χ2v) is 6.42. The van der Waals surface area contributed by atoms with E-state index < -0.39 is 0 Å². The number of hydrogen-bond donors (Lipinski definition) is 0. The fourth-order valence-electron chi connectivity index (χ4n) is 2.25. The molecule has 84 valence electrons. The Hall–Kier alpha value is -0.310. The van der Waals surface area contributed by atoms with Crippen LogP contribution in [0.15, 0.2) is 4.60 Å². The highest BCUT2D eigenvalue weighted by Gasteiger charge is 2.28. The molecule has 1 aliphatic heterocycles. The molecule has 1 aliphatic rings. The van der Waals surface area contributed by atoms with Gasteiger partial charge in [-0.05, 0) is 34.7 Å². The summed E-state index contributed by atoms with van der Waals surface area (Å²) in [6.45, 7) is 10.1. The van der Waals surface area contributed by atoms with E-state index in [1.54, 1.807) is 0 Å². The zero-order valence-corrected chi connectivity index (χ0v) is 11.6. The van der Waals surface area contributed by atoms with Gasteiger partial charge in [-0.25, -0.2) is 4.98 Å². The Kier molecular flexibility index (Phi) is 2.70. The Balaban J connectivity index is 2.48. The summed E-state index contributed by atoms with van der Waals surface area (Å²) in [5.41, 5.74) is 1.53. The summed E-state index contributed by atoms with van der Waals surface area (Å²) in [7, 11) is 0. The molecule has 0 amide bonds. The first kappa shape index (κ1) is 11.2. The van der Waals surface area contributed by atoms with Crippen molar-refractivity contribution in [2.24, 2.45) is 5.92 Å². The van der Waals surface area contributed by atoms with Crippen molar-refractivity contribution in [1.82, 2.24) is 9.55 Å². The van der Waals surface area contributed by atoms with Crippen molar-refractivity contribution in [3.63, 3.8) is 0 Å². The number of halogens is 1. The van der Waals surface area contributed by atoms with Crippen LogP contribution in [0.25, 0.3) is 0 Å². The molecule has 1 aromatic rings. The molecule has 0 spiro atoms. The van der Waals surface area contributed by atoms with Crippen LogP contribution < -0.4 is 0 Å². The molecular formula is C12H19BrN2. The minimum atomic E-state index is 0.140. The molecule has 0 bridgehead atoms. The predicted octanol–water partition coefficient (Wildman–Crippen LogP) is 3.53. The Labute approximate surface area is 100 Å². The lowest BCUT2D eigenvalue weighted by molar-refractivity contribution is 0.387. The van der Waals surface area contributed by atoms with Crippen LogP contribution in [0, 0.1) is 5.92 Å². The third-order valence-corrected chi connectivity index (χ3v) is 3.72. The predicted molar refractivity (Wildman–Crippen MR) is 66.1 cm³/mol. The maximum Gasteiger partial charge on any atom is 0.127 e. The van der Waals surface area contributed by atoms with E-state index in [0.29, 0.717) is 0 Å². The molecule has 2 rings (SSSR count). The van der Waals surface area contributed by atoms with E-state index in [1.807, 2.05) is 0 Å². The van der Waals surface area contributed by atoms with Gasteiger partial charge >= 0.3 is 0 Å². The lowest BCUT2D eigenvalue weighted by Gasteiger charge is -2.26. The molecule has 0 radical (unpaired) electrons. The summed E-state index contributed by atoms with van der Waals surface area (Å²) in [6, 6.07) is 0. The molecule has 0 aromatic carbocycles. The largest absolute Gasteiger partial charge is 0.330 e. The molecule has 1 unspecified atom stereocenters. The monoisotopic (exact) mass is 270 g/mol. The summed E-state index contributed by atoms with van der Waals surface area (Å²) in [5.74, 6) is 2.01. The molecule has 1 atom stereocenters. The van der Waals surface area contributed by atoms with Crippen molar-refractivity contribution >= 4 is 15.9 Å². The average molecular weight is 271 g/mol. The summed E-state index contributed by atoms with van der Waals surface area (Å²) < 4.78 is 3.46. The number of imidazole rings is 1. The normalized spacial score (nSPS) is 21.5. The number of rotatable bonds is 0. The van der Waals surface area contributed by atoms with Gasteiger partial charge in [0.25, 0.3) is 0 Å². The molecule has 3 heteroatoms. The van der Waals surface area contributed by atoms with Gasteiger partial charge < -0.3 is 4.57 Å². The van der Waals surface area contributed by atoms with Crippen LogP contribution >= 0.6 is 15.9 Å². The first-order chi connectivity index (χ1) is 6.89. The van der Waals surface area contributed by atoms with Crippen LogP contribution in [-0.4, -0.2) is 9.55 Å². The van der Waals surface area contributed by atoms with Gasteiger partial charge in [-0.1, -0.05) is 27.7 Å². The van der Waals surface area contributed by atoms with Crippen molar-refractivity contribution in [2.45, 2.75) is 52.5 Å². The minimum Gasteiger partial charge on any atom is -0.330 e. The zero-order valence-electron chi connectivity index (χ0n) is 9.97. The van der Waals surface area contributed by atoms with Crippen molar-refractivity contribution in [3.8, 4) is 0 Å². The minimum absolute atomic E-state index is 0.140. The zero-order chi connectivity index (χ0) is 11.2. The highest BCUT2D eigenvalue weighted by atomic mass is 79.9. The number of aromatic nitrogens is 2. The van der Waals surface area contributed by atoms with E-state index >= 15 is 0 Å². The van der Waals surface area contributed by atoms with Crippen LogP contribution in [0.5, 0.6) is 0 Å². The van der Waals surface area contributed by atoms with E-state index in [1.165, 1.54) is 17.9 Å². The topological polar surface area (TPSA) is 17.8 Å². The van der Waals surface area contributed by atoms with Crippen molar-refractivity contribution in [1.29, 1.82) is 0 Å². The molecule has 1 aromatic heterocycles.